The molecule has 3 rings (SSSR count). The van der Waals surface area contributed by atoms with Gasteiger partial charge in [-0.25, -0.2) is 9.37 Å². The van der Waals surface area contributed by atoms with E-state index in [1.54, 1.807) is 24.8 Å². The molecule has 1 aromatic carbocycles. The predicted molar refractivity (Wildman–Crippen MR) is 76.9 cm³/mol. The maximum absolute atomic E-state index is 14.0. The van der Waals surface area contributed by atoms with Crippen LogP contribution in [0.1, 0.15) is 5.69 Å². The molecule has 0 saturated heterocycles. The second-order valence-corrected chi connectivity index (χ2v) is 4.48. The molecule has 0 aliphatic heterocycles. The van der Waals surface area contributed by atoms with Crippen molar-refractivity contribution >= 4 is 22.3 Å². The molecule has 0 bridgehead atoms. The molecule has 0 atom stereocenters. The van der Waals surface area contributed by atoms with Gasteiger partial charge in [0, 0.05) is 42.1 Å². The summed E-state index contributed by atoms with van der Waals surface area (Å²) in [5.74, 6) is -0.390. The molecule has 0 spiro atoms. The molecule has 0 aliphatic carbocycles. The van der Waals surface area contributed by atoms with Crippen LogP contribution in [0.3, 0.4) is 0 Å². The Bertz CT molecular complexity index is 724. The first kappa shape index (κ1) is 12.4. The summed E-state index contributed by atoms with van der Waals surface area (Å²) in [5, 5.41) is 3.83. The van der Waals surface area contributed by atoms with E-state index >= 15 is 0 Å². The van der Waals surface area contributed by atoms with E-state index < -0.39 is 5.82 Å². The van der Waals surface area contributed by atoms with Crippen LogP contribution in [-0.2, 0) is 6.42 Å². The molecule has 6 heteroatoms. The molecule has 2 aromatic heterocycles. The van der Waals surface area contributed by atoms with Crippen molar-refractivity contribution in [2.75, 3.05) is 17.6 Å². The summed E-state index contributed by atoms with van der Waals surface area (Å²) in [5.41, 5.74) is 8.13. The first-order chi connectivity index (χ1) is 9.75. The Morgan fingerprint density at radius 3 is 3.10 bits per heavy atom. The standard InChI is InChI=1S/C14H14FN5/c15-11-6-12(16)10-2-1-4-18-13(10)14(11)19-5-3-9-7-17-8-20-9/h1-2,4,6-8,19H,3,5,16H2,(H,17,20). The highest BCUT2D eigenvalue weighted by atomic mass is 19.1. The average molecular weight is 271 g/mol. The first-order valence-electron chi connectivity index (χ1n) is 6.29. The average Bonchev–Trinajstić information content (AvgIpc) is 2.96. The van der Waals surface area contributed by atoms with Crippen molar-refractivity contribution in [1.82, 2.24) is 15.0 Å². The third-order valence-electron chi connectivity index (χ3n) is 3.13. The molecule has 0 saturated carbocycles. The number of H-pyrrole nitrogens is 1. The van der Waals surface area contributed by atoms with Crippen LogP contribution in [0.2, 0.25) is 0 Å². The lowest BCUT2D eigenvalue weighted by Crippen LogP contribution is -2.08. The molecule has 0 amide bonds. The quantitative estimate of drug-likeness (QED) is 0.636. The van der Waals surface area contributed by atoms with Crippen LogP contribution in [0.25, 0.3) is 10.9 Å². The Morgan fingerprint density at radius 1 is 1.40 bits per heavy atom. The minimum Gasteiger partial charge on any atom is -0.398 e. The third-order valence-corrected chi connectivity index (χ3v) is 3.13. The minimum absolute atomic E-state index is 0.384. The molecule has 0 radical (unpaired) electrons. The van der Waals surface area contributed by atoms with Gasteiger partial charge >= 0.3 is 0 Å². The highest BCUT2D eigenvalue weighted by Crippen LogP contribution is 2.29. The molecule has 2 heterocycles. The zero-order chi connectivity index (χ0) is 13.9. The van der Waals surface area contributed by atoms with Crippen molar-refractivity contribution in [1.29, 1.82) is 0 Å². The van der Waals surface area contributed by atoms with Gasteiger partial charge in [-0.3, -0.25) is 4.98 Å². The number of nitrogens with two attached hydrogens (primary N) is 1. The van der Waals surface area contributed by atoms with E-state index in [4.69, 9.17) is 5.73 Å². The van der Waals surface area contributed by atoms with Gasteiger partial charge in [0.1, 0.15) is 0 Å². The summed E-state index contributed by atoms with van der Waals surface area (Å²) < 4.78 is 14.0. The van der Waals surface area contributed by atoms with E-state index in [9.17, 15) is 4.39 Å². The third kappa shape index (κ3) is 2.27. The molecule has 102 valence electrons. The van der Waals surface area contributed by atoms with Crippen molar-refractivity contribution in [3.8, 4) is 0 Å². The Hall–Kier alpha value is -2.63. The molecule has 3 aromatic rings. The van der Waals surface area contributed by atoms with Gasteiger partial charge in [-0.05, 0) is 18.2 Å². The maximum Gasteiger partial charge on any atom is 0.150 e. The Kier molecular flexibility index (Phi) is 3.20. The van der Waals surface area contributed by atoms with Gasteiger partial charge in [0.05, 0.1) is 17.5 Å². The normalized spacial score (nSPS) is 10.8. The van der Waals surface area contributed by atoms with Gasteiger partial charge in [0.2, 0.25) is 0 Å². The van der Waals surface area contributed by atoms with Crippen molar-refractivity contribution in [2.45, 2.75) is 6.42 Å². The molecular weight excluding hydrogens is 257 g/mol. The van der Waals surface area contributed by atoms with Crippen LogP contribution in [-0.4, -0.2) is 21.5 Å². The fourth-order valence-corrected chi connectivity index (χ4v) is 2.15. The second-order valence-electron chi connectivity index (χ2n) is 4.48. The number of rotatable bonds is 4. The Labute approximate surface area is 115 Å². The lowest BCUT2D eigenvalue weighted by atomic mass is 10.1. The zero-order valence-corrected chi connectivity index (χ0v) is 10.7. The van der Waals surface area contributed by atoms with Crippen LogP contribution >= 0.6 is 0 Å². The lowest BCUT2D eigenvalue weighted by molar-refractivity contribution is 0.632. The van der Waals surface area contributed by atoms with E-state index in [2.05, 4.69) is 20.3 Å². The number of fused-ring (bicyclic) bond motifs is 1. The number of imidazole rings is 1. The monoisotopic (exact) mass is 271 g/mol. The van der Waals surface area contributed by atoms with E-state index in [0.29, 0.717) is 23.4 Å². The fraction of sp³-hybridized carbons (Fsp3) is 0.143. The summed E-state index contributed by atoms with van der Waals surface area (Å²) in [6.07, 6.45) is 5.72. The molecular formula is C14H14FN5. The SMILES string of the molecule is Nc1cc(F)c(NCCc2cnc[nH]2)c2ncccc12. The highest BCUT2D eigenvalue weighted by molar-refractivity contribution is 5.98. The smallest absolute Gasteiger partial charge is 0.150 e. The number of anilines is 2. The number of nitrogen functional groups attached to an aromatic ring is 1. The predicted octanol–water partition coefficient (Wildman–Crippen LogP) is 2.33. The first-order valence-corrected chi connectivity index (χ1v) is 6.29. The van der Waals surface area contributed by atoms with Crippen LogP contribution in [0.15, 0.2) is 36.9 Å². The number of nitrogens with one attached hydrogen (secondary N) is 2. The zero-order valence-electron chi connectivity index (χ0n) is 10.7. The largest absolute Gasteiger partial charge is 0.398 e. The van der Waals surface area contributed by atoms with Gasteiger partial charge in [-0.2, -0.15) is 0 Å². The summed E-state index contributed by atoms with van der Waals surface area (Å²) in [6, 6.07) is 4.94. The molecule has 5 nitrogen and oxygen atoms in total. The van der Waals surface area contributed by atoms with Crippen molar-refractivity contribution in [3.63, 3.8) is 0 Å². The molecule has 4 N–H and O–H groups in total. The van der Waals surface area contributed by atoms with E-state index in [0.717, 1.165) is 17.5 Å². The second kappa shape index (κ2) is 5.16. The number of aromatic amines is 1. The van der Waals surface area contributed by atoms with Gasteiger partial charge in [-0.15, -0.1) is 0 Å². The van der Waals surface area contributed by atoms with Crippen LogP contribution in [0.5, 0.6) is 0 Å². The number of pyridine rings is 1. The topological polar surface area (TPSA) is 79.6 Å². The summed E-state index contributed by atoms with van der Waals surface area (Å²) in [4.78, 5) is 11.2. The summed E-state index contributed by atoms with van der Waals surface area (Å²) in [7, 11) is 0. The Morgan fingerprint density at radius 2 is 2.30 bits per heavy atom. The highest BCUT2D eigenvalue weighted by Gasteiger charge is 2.11. The van der Waals surface area contributed by atoms with Gasteiger partial charge in [0.15, 0.2) is 5.82 Å². The van der Waals surface area contributed by atoms with Crippen LogP contribution < -0.4 is 11.1 Å². The molecule has 20 heavy (non-hydrogen) atoms. The van der Waals surface area contributed by atoms with Crippen LogP contribution in [0, 0.1) is 5.82 Å². The van der Waals surface area contributed by atoms with E-state index in [1.165, 1.54) is 6.07 Å². The summed E-state index contributed by atoms with van der Waals surface area (Å²) in [6.45, 7) is 0.578. The van der Waals surface area contributed by atoms with E-state index in [1.807, 2.05) is 6.07 Å². The van der Waals surface area contributed by atoms with Crippen molar-refractivity contribution < 1.29 is 4.39 Å². The minimum atomic E-state index is -0.390. The van der Waals surface area contributed by atoms with Crippen LogP contribution in [0.4, 0.5) is 15.8 Å². The van der Waals surface area contributed by atoms with E-state index in [-0.39, 0.29) is 0 Å². The lowest BCUT2D eigenvalue weighted by Gasteiger charge is -2.11. The maximum atomic E-state index is 14.0. The number of hydrogen-bond acceptors (Lipinski definition) is 4. The number of nitrogens with zero attached hydrogens (tertiary/aromatic N) is 2. The number of aromatic nitrogens is 3. The van der Waals surface area contributed by atoms with Gasteiger partial charge < -0.3 is 16.0 Å². The van der Waals surface area contributed by atoms with Crippen molar-refractivity contribution in [3.05, 3.63) is 48.4 Å². The number of hydrogen-bond donors (Lipinski definition) is 3. The van der Waals surface area contributed by atoms with Crippen molar-refractivity contribution in [2.24, 2.45) is 0 Å². The number of halogens is 1. The fourth-order valence-electron chi connectivity index (χ4n) is 2.15. The number of benzene rings is 1. The summed E-state index contributed by atoms with van der Waals surface area (Å²) >= 11 is 0. The van der Waals surface area contributed by atoms with Gasteiger partial charge in [-0.1, -0.05) is 0 Å². The molecule has 0 aliphatic rings. The molecule has 0 unspecified atom stereocenters. The molecule has 0 fully saturated rings. The van der Waals surface area contributed by atoms with Gasteiger partial charge in [0.25, 0.3) is 0 Å². The Balaban J connectivity index is 1.87.